The SMILES string of the molecule is Br.CCO[C-]=O.[Zn+2].[c-]1ccco1. The van der Waals surface area contributed by atoms with Gasteiger partial charge in [0.15, 0.2) is 0 Å². The van der Waals surface area contributed by atoms with Crippen molar-refractivity contribution in [3.05, 3.63) is 24.7 Å². The van der Waals surface area contributed by atoms with E-state index in [9.17, 15) is 0 Å². The minimum Gasteiger partial charge on any atom is -0.653 e. The second kappa shape index (κ2) is 17.1. The fraction of sp³-hybridized carbons (Fsp3) is 0.286. The first-order valence-corrected chi connectivity index (χ1v) is 2.80. The number of halogens is 1. The largest absolute Gasteiger partial charge is 2.00 e. The molecular formula is C7H9BrO3Zn. The van der Waals surface area contributed by atoms with Crippen molar-refractivity contribution in [1.29, 1.82) is 0 Å². The van der Waals surface area contributed by atoms with E-state index in [0.717, 1.165) is 0 Å². The number of ether oxygens (including phenoxy) is 1. The minimum atomic E-state index is 0. The van der Waals surface area contributed by atoms with Crippen LogP contribution in [0.2, 0.25) is 0 Å². The molecule has 0 aliphatic carbocycles. The number of furan rings is 1. The van der Waals surface area contributed by atoms with Gasteiger partial charge in [-0.25, -0.2) is 0 Å². The van der Waals surface area contributed by atoms with Gasteiger partial charge in [-0.05, 0) is 13.2 Å². The summed E-state index contributed by atoms with van der Waals surface area (Å²) in [5.41, 5.74) is 0. The van der Waals surface area contributed by atoms with Crippen molar-refractivity contribution in [3.8, 4) is 0 Å². The summed E-state index contributed by atoms with van der Waals surface area (Å²) in [4.78, 5) is 9.06. The van der Waals surface area contributed by atoms with Gasteiger partial charge in [0.2, 0.25) is 0 Å². The average molecular weight is 286 g/mol. The monoisotopic (exact) mass is 284 g/mol. The second-order valence-electron chi connectivity index (χ2n) is 1.25. The predicted molar refractivity (Wildman–Crippen MR) is 45.2 cm³/mol. The molecule has 0 radical (unpaired) electrons. The third-order valence-corrected chi connectivity index (χ3v) is 0.582. The smallest absolute Gasteiger partial charge is 0.653 e. The van der Waals surface area contributed by atoms with Gasteiger partial charge in [-0.1, -0.05) is 12.7 Å². The Kier molecular flexibility index (Phi) is 25.4. The van der Waals surface area contributed by atoms with Gasteiger partial charge in [-0.3, -0.25) is 0 Å². The van der Waals surface area contributed by atoms with Crippen molar-refractivity contribution in [1.82, 2.24) is 0 Å². The maximum Gasteiger partial charge on any atom is 2.00 e. The quantitative estimate of drug-likeness (QED) is 0.614. The topological polar surface area (TPSA) is 39.4 Å². The number of carbonyl (C=O) groups excluding carboxylic acids is 1. The Bertz CT molecular complexity index is 127. The molecule has 0 atom stereocenters. The van der Waals surface area contributed by atoms with Crippen LogP contribution in [0.4, 0.5) is 0 Å². The standard InChI is InChI=1S/C4H3O.C3H5O2.BrH.Zn/c1-2-4-5-3-1;1-2-5-3-4;;/h1-3H;2H2,1H3;1H;/q2*-1;;+2. The fourth-order valence-corrected chi connectivity index (χ4v) is 0.255. The van der Waals surface area contributed by atoms with Crippen LogP contribution in [0, 0.1) is 6.26 Å². The molecule has 12 heavy (non-hydrogen) atoms. The second-order valence-corrected chi connectivity index (χ2v) is 1.25. The Balaban J connectivity index is -0.000000116. The molecule has 64 valence electrons. The van der Waals surface area contributed by atoms with Crippen LogP contribution in [0.1, 0.15) is 6.92 Å². The molecule has 3 nitrogen and oxygen atoms in total. The van der Waals surface area contributed by atoms with E-state index < -0.39 is 0 Å². The molecule has 0 saturated heterocycles. The van der Waals surface area contributed by atoms with Crippen molar-refractivity contribution >= 4 is 23.5 Å². The van der Waals surface area contributed by atoms with Gasteiger partial charge in [-0.15, -0.1) is 23.0 Å². The van der Waals surface area contributed by atoms with Gasteiger partial charge in [0, 0.05) is 6.61 Å². The zero-order valence-electron chi connectivity index (χ0n) is 6.78. The number of hydrogen-bond acceptors (Lipinski definition) is 3. The summed E-state index contributed by atoms with van der Waals surface area (Å²) in [6.07, 6.45) is 4.06. The molecule has 0 unspecified atom stereocenters. The van der Waals surface area contributed by atoms with Gasteiger partial charge >= 0.3 is 19.5 Å². The maximum atomic E-state index is 9.06. The molecule has 0 aromatic carbocycles. The van der Waals surface area contributed by atoms with Crippen molar-refractivity contribution in [2.24, 2.45) is 0 Å². The van der Waals surface area contributed by atoms with Gasteiger partial charge in [0.25, 0.3) is 0 Å². The van der Waals surface area contributed by atoms with Crippen molar-refractivity contribution in [3.63, 3.8) is 0 Å². The van der Waals surface area contributed by atoms with Crippen molar-refractivity contribution in [2.45, 2.75) is 6.92 Å². The Hall–Kier alpha value is -0.147. The zero-order valence-corrected chi connectivity index (χ0v) is 11.5. The van der Waals surface area contributed by atoms with Crippen LogP contribution >= 0.6 is 17.0 Å². The number of hydrogen-bond donors (Lipinski definition) is 0. The van der Waals surface area contributed by atoms with Gasteiger partial charge in [-0.2, -0.15) is 6.07 Å². The van der Waals surface area contributed by atoms with E-state index in [1.807, 2.05) is 0 Å². The van der Waals surface area contributed by atoms with Gasteiger partial charge < -0.3 is 13.9 Å². The molecule has 0 bridgehead atoms. The average Bonchev–Trinajstić information content (AvgIpc) is 2.44. The Morgan fingerprint density at radius 2 is 2.33 bits per heavy atom. The molecule has 0 N–H and O–H groups in total. The molecule has 1 heterocycles. The van der Waals surface area contributed by atoms with E-state index >= 15 is 0 Å². The van der Waals surface area contributed by atoms with Crippen LogP contribution in [0.5, 0.6) is 0 Å². The molecule has 1 aromatic rings. The predicted octanol–water partition coefficient (Wildman–Crippen LogP) is 1.75. The van der Waals surface area contributed by atoms with E-state index in [-0.39, 0.29) is 36.5 Å². The van der Waals surface area contributed by atoms with E-state index in [1.54, 1.807) is 25.3 Å². The van der Waals surface area contributed by atoms with Crippen molar-refractivity contribution in [2.75, 3.05) is 6.61 Å². The molecule has 0 aliphatic rings. The minimum absolute atomic E-state index is 0. The fourth-order valence-electron chi connectivity index (χ4n) is 0.255. The first kappa shape index (κ1) is 17.8. The summed E-state index contributed by atoms with van der Waals surface area (Å²) < 4.78 is 8.49. The first-order valence-electron chi connectivity index (χ1n) is 2.80. The van der Waals surface area contributed by atoms with E-state index in [1.165, 1.54) is 6.47 Å². The summed E-state index contributed by atoms with van der Waals surface area (Å²) in [5, 5.41) is 0. The van der Waals surface area contributed by atoms with E-state index in [4.69, 9.17) is 4.79 Å². The van der Waals surface area contributed by atoms with Crippen molar-refractivity contribution < 1.29 is 33.4 Å². The van der Waals surface area contributed by atoms with Crippen LogP contribution in [-0.2, 0) is 29.0 Å². The normalized spacial score (nSPS) is 6.08. The van der Waals surface area contributed by atoms with E-state index in [0.29, 0.717) is 6.61 Å². The molecule has 1 rings (SSSR count). The third kappa shape index (κ3) is 16.4. The summed E-state index contributed by atoms with van der Waals surface area (Å²) >= 11 is 0. The summed E-state index contributed by atoms with van der Waals surface area (Å²) in [6.45, 7) is 3.41. The molecule has 0 aliphatic heterocycles. The molecule has 1 aromatic heterocycles. The van der Waals surface area contributed by atoms with E-state index in [2.05, 4.69) is 15.4 Å². The molecule has 0 saturated carbocycles. The van der Waals surface area contributed by atoms with Gasteiger partial charge in [0.05, 0.1) is 0 Å². The van der Waals surface area contributed by atoms with Crippen LogP contribution < -0.4 is 0 Å². The molecule has 5 heteroatoms. The summed E-state index contributed by atoms with van der Waals surface area (Å²) in [6, 6.07) is 3.49. The number of rotatable bonds is 2. The zero-order chi connectivity index (χ0) is 7.66. The summed E-state index contributed by atoms with van der Waals surface area (Å²) in [7, 11) is 0. The summed E-state index contributed by atoms with van der Waals surface area (Å²) in [5.74, 6) is 0. The molecular weight excluding hydrogens is 277 g/mol. The van der Waals surface area contributed by atoms with Crippen LogP contribution in [-0.4, -0.2) is 13.1 Å². The molecule has 0 fully saturated rings. The Morgan fingerprint density at radius 3 is 2.42 bits per heavy atom. The first-order chi connectivity index (χ1) is 4.91. The molecule has 0 amide bonds. The Labute approximate surface area is 95.0 Å². The molecule has 0 spiro atoms. The van der Waals surface area contributed by atoms with Crippen LogP contribution in [0.15, 0.2) is 22.8 Å². The Morgan fingerprint density at radius 1 is 1.67 bits per heavy atom. The van der Waals surface area contributed by atoms with Crippen LogP contribution in [0.25, 0.3) is 0 Å². The third-order valence-electron chi connectivity index (χ3n) is 0.582. The maximum absolute atomic E-state index is 9.06. The van der Waals surface area contributed by atoms with Gasteiger partial charge in [0.1, 0.15) is 0 Å². The van der Waals surface area contributed by atoms with Crippen LogP contribution in [0.3, 0.4) is 0 Å².